The van der Waals surface area contributed by atoms with Crippen LogP contribution in [0.15, 0.2) is 59.1 Å². The number of aromatic nitrogens is 4. The van der Waals surface area contributed by atoms with Gasteiger partial charge in [0.05, 0.1) is 12.8 Å². The van der Waals surface area contributed by atoms with Crippen LogP contribution in [0.5, 0.6) is 5.75 Å². The molecular formula is C21H19ClN4OS2. The third kappa shape index (κ3) is 4.47. The standard InChI is InChI=1S/C21H19ClN4OS2/c1-3-26-19(15-5-4-6-16(22)11-15)24-25-21(26)29-13-17-12-28-20(23-17)14-7-9-18(27-2)10-8-14/h4-12H,3,13H2,1-2H3. The molecule has 8 heteroatoms. The summed E-state index contributed by atoms with van der Waals surface area (Å²) in [6, 6.07) is 15.6. The van der Waals surface area contributed by atoms with Crippen LogP contribution in [0, 0.1) is 0 Å². The summed E-state index contributed by atoms with van der Waals surface area (Å²) < 4.78 is 7.32. The molecule has 0 aliphatic rings. The molecule has 0 spiro atoms. The van der Waals surface area contributed by atoms with E-state index < -0.39 is 0 Å². The first-order valence-corrected chi connectivity index (χ1v) is 11.3. The van der Waals surface area contributed by atoms with Gasteiger partial charge < -0.3 is 9.30 Å². The summed E-state index contributed by atoms with van der Waals surface area (Å²) in [5.41, 5.74) is 3.09. The van der Waals surface area contributed by atoms with E-state index in [4.69, 9.17) is 21.3 Å². The van der Waals surface area contributed by atoms with Gasteiger partial charge in [-0.2, -0.15) is 0 Å². The summed E-state index contributed by atoms with van der Waals surface area (Å²) in [4.78, 5) is 4.77. The second-order valence-electron chi connectivity index (χ2n) is 6.22. The summed E-state index contributed by atoms with van der Waals surface area (Å²) in [7, 11) is 1.67. The minimum atomic E-state index is 0.691. The van der Waals surface area contributed by atoms with Gasteiger partial charge in [-0.15, -0.1) is 21.5 Å². The molecule has 0 aliphatic carbocycles. The zero-order valence-corrected chi connectivity index (χ0v) is 18.4. The third-order valence-electron chi connectivity index (χ3n) is 4.35. The quantitative estimate of drug-likeness (QED) is 0.326. The molecule has 0 fully saturated rings. The second kappa shape index (κ2) is 8.98. The molecule has 148 valence electrons. The molecule has 0 atom stereocenters. The Morgan fingerprint density at radius 3 is 2.66 bits per heavy atom. The Morgan fingerprint density at radius 1 is 1.10 bits per heavy atom. The lowest BCUT2D eigenvalue weighted by atomic mass is 10.2. The van der Waals surface area contributed by atoms with Gasteiger partial charge in [-0.3, -0.25) is 0 Å². The van der Waals surface area contributed by atoms with Gasteiger partial charge >= 0.3 is 0 Å². The number of thiazole rings is 1. The molecule has 5 nitrogen and oxygen atoms in total. The molecule has 2 aromatic heterocycles. The molecule has 0 unspecified atom stereocenters. The molecule has 29 heavy (non-hydrogen) atoms. The predicted molar refractivity (Wildman–Crippen MR) is 120 cm³/mol. The molecule has 0 saturated heterocycles. The fourth-order valence-corrected chi connectivity index (χ4v) is 4.92. The van der Waals surface area contributed by atoms with Gasteiger partial charge in [0.1, 0.15) is 10.8 Å². The van der Waals surface area contributed by atoms with Crippen molar-refractivity contribution in [3.05, 3.63) is 64.6 Å². The predicted octanol–water partition coefficient (Wildman–Crippen LogP) is 6.04. The maximum absolute atomic E-state index is 6.13. The Kier molecular flexibility index (Phi) is 6.18. The highest BCUT2D eigenvalue weighted by Crippen LogP contribution is 2.30. The fourth-order valence-electron chi connectivity index (χ4n) is 2.90. The van der Waals surface area contributed by atoms with Crippen LogP contribution in [-0.2, 0) is 12.3 Å². The third-order valence-corrected chi connectivity index (χ3v) is 6.53. The van der Waals surface area contributed by atoms with Crippen LogP contribution in [0.25, 0.3) is 22.0 Å². The molecule has 0 bridgehead atoms. The van der Waals surface area contributed by atoms with Crippen LogP contribution >= 0.6 is 34.7 Å². The highest BCUT2D eigenvalue weighted by atomic mass is 35.5. The van der Waals surface area contributed by atoms with Crippen LogP contribution < -0.4 is 4.74 Å². The number of hydrogen-bond acceptors (Lipinski definition) is 6. The number of thioether (sulfide) groups is 1. The summed E-state index contributed by atoms with van der Waals surface area (Å²) in [6.45, 7) is 2.87. The van der Waals surface area contributed by atoms with Gasteiger partial charge in [-0.05, 0) is 43.3 Å². The van der Waals surface area contributed by atoms with Crippen molar-refractivity contribution in [1.29, 1.82) is 0 Å². The Labute approximate surface area is 182 Å². The second-order valence-corrected chi connectivity index (χ2v) is 8.46. The van der Waals surface area contributed by atoms with Crippen molar-refractivity contribution in [3.8, 4) is 27.7 Å². The summed E-state index contributed by atoms with van der Waals surface area (Å²) in [6.07, 6.45) is 0. The zero-order chi connectivity index (χ0) is 20.2. The first kappa shape index (κ1) is 19.9. The first-order valence-electron chi connectivity index (χ1n) is 9.08. The molecule has 4 rings (SSSR count). The Morgan fingerprint density at radius 2 is 1.93 bits per heavy atom. The van der Waals surface area contributed by atoms with E-state index in [0.717, 1.165) is 50.9 Å². The van der Waals surface area contributed by atoms with Crippen molar-refractivity contribution in [3.63, 3.8) is 0 Å². The normalized spacial score (nSPS) is 11.0. The van der Waals surface area contributed by atoms with E-state index in [2.05, 4.69) is 27.1 Å². The van der Waals surface area contributed by atoms with E-state index in [0.29, 0.717) is 5.02 Å². The van der Waals surface area contributed by atoms with Gasteiger partial charge in [0.15, 0.2) is 11.0 Å². The van der Waals surface area contributed by atoms with Crippen LogP contribution in [0.4, 0.5) is 0 Å². The minimum absolute atomic E-state index is 0.691. The largest absolute Gasteiger partial charge is 0.497 e. The van der Waals surface area contributed by atoms with Crippen LogP contribution in [0.1, 0.15) is 12.6 Å². The smallest absolute Gasteiger partial charge is 0.191 e. The summed E-state index contributed by atoms with van der Waals surface area (Å²) in [5, 5.41) is 13.4. The summed E-state index contributed by atoms with van der Waals surface area (Å²) in [5.74, 6) is 2.41. The number of nitrogens with zero attached hydrogens (tertiary/aromatic N) is 4. The van der Waals surface area contributed by atoms with Crippen molar-refractivity contribution >= 4 is 34.7 Å². The van der Waals surface area contributed by atoms with Gasteiger partial charge in [-0.25, -0.2) is 4.98 Å². The number of ether oxygens (including phenoxy) is 1. The number of benzene rings is 2. The molecule has 2 heterocycles. The summed E-state index contributed by atoms with van der Waals surface area (Å²) >= 11 is 9.41. The molecule has 4 aromatic rings. The Balaban J connectivity index is 1.49. The average Bonchev–Trinajstić information content (AvgIpc) is 3.39. The van der Waals surface area contributed by atoms with Crippen molar-refractivity contribution in [1.82, 2.24) is 19.7 Å². The van der Waals surface area contributed by atoms with E-state index in [-0.39, 0.29) is 0 Å². The maximum atomic E-state index is 6.13. The highest BCUT2D eigenvalue weighted by molar-refractivity contribution is 7.98. The number of rotatable bonds is 7. The molecule has 0 N–H and O–H groups in total. The van der Waals surface area contributed by atoms with Crippen LogP contribution in [0.2, 0.25) is 5.02 Å². The van der Waals surface area contributed by atoms with Crippen molar-refractivity contribution in [2.45, 2.75) is 24.4 Å². The number of hydrogen-bond donors (Lipinski definition) is 0. The lowest BCUT2D eigenvalue weighted by molar-refractivity contribution is 0.415. The van der Waals surface area contributed by atoms with E-state index >= 15 is 0 Å². The molecule has 0 amide bonds. The maximum Gasteiger partial charge on any atom is 0.191 e. The SMILES string of the molecule is CCn1c(SCc2csc(-c3ccc(OC)cc3)n2)nnc1-c1cccc(Cl)c1. The molecule has 0 aliphatic heterocycles. The van der Waals surface area contributed by atoms with Crippen molar-refractivity contribution < 1.29 is 4.74 Å². The molecule has 0 saturated carbocycles. The molecular weight excluding hydrogens is 424 g/mol. The topological polar surface area (TPSA) is 52.8 Å². The van der Waals surface area contributed by atoms with E-state index in [1.165, 1.54) is 0 Å². The fraction of sp³-hybridized carbons (Fsp3) is 0.190. The minimum Gasteiger partial charge on any atom is -0.497 e. The highest BCUT2D eigenvalue weighted by Gasteiger charge is 2.14. The van der Waals surface area contributed by atoms with Crippen LogP contribution in [-0.4, -0.2) is 26.9 Å². The Hall–Kier alpha value is -2.35. The first-order chi connectivity index (χ1) is 14.2. The van der Waals surface area contributed by atoms with E-state index in [9.17, 15) is 0 Å². The van der Waals surface area contributed by atoms with Crippen molar-refractivity contribution in [2.24, 2.45) is 0 Å². The van der Waals surface area contributed by atoms with Gasteiger partial charge in [0, 0.05) is 33.8 Å². The lowest BCUT2D eigenvalue weighted by Crippen LogP contribution is -2.00. The molecule has 0 radical (unpaired) electrons. The number of methoxy groups -OCH3 is 1. The van der Waals surface area contributed by atoms with Crippen LogP contribution in [0.3, 0.4) is 0 Å². The van der Waals surface area contributed by atoms with Gasteiger partial charge in [0.2, 0.25) is 0 Å². The Bertz CT molecular complexity index is 1110. The lowest BCUT2D eigenvalue weighted by Gasteiger charge is -2.07. The van der Waals surface area contributed by atoms with Gasteiger partial charge in [0.25, 0.3) is 0 Å². The zero-order valence-electron chi connectivity index (χ0n) is 16.0. The van der Waals surface area contributed by atoms with E-state index in [1.807, 2.05) is 48.5 Å². The van der Waals surface area contributed by atoms with Gasteiger partial charge in [-0.1, -0.05) is 35.5 Å². The van der Waals surface area contributed by atoms with Crippen molar-refractivity contribution in [2.75, 3.05) is 7.11 Å². The monoisotopic (exact) mass is 442 g/mol. The van der Waals surface area contributed by atoms with E-state index in [1.54, 1.807) is 30.2 Å². The molecule has 2 aromatic carbocycles. The number of halogens is 1. The average molecular weight is 443 g/mol.